The van der Waals surface area contributed by atoms with Crippen molar-refractivity contribution in [1.29, 1.82) is 0 Å². The normalized spacial score (nSPS) is 18.9. The van der Waals surface area contributed by atoms with Crippen LogP contribution in [0.3, 0.4) is 0 Å². The highest BCUT2D eigenvalue weighted by atomic mass is 28.3. The number of benzene rings is 1. The summed E-state index contributed by atoms with van der Waals surface area (Å²) in [4.78, 5) is 40.9. The monoisotopic (exact) mass is 784 g/mol. The Morgan fingerprint density at radius 1 is 0.873 bits per heavy atom. The molecule has 2 bridgehead atoms. The lowest BCUT2D eigenvalue weighted by molar-refractivity contribution is 0.00564. The second-order valence-electron chi connectivity index (χ2n) is 18.6. The fourth-order valence-corrected chi connectivity index (χ4v) is 9.06. The van der Waals surface area contributed by atoms with E-state index in [0.717, 1.165) is 59.3 Å². The number of carbonyl (C=O) groups excluding carboxylic acids is 2. The molecule has 13 heteroatoms. The van der Waals surface area contributed by atoms with Crippen LogP contribution in [0, 0.1) is 0 Å². The maximum atomic E-state index is 13.4. The number of rotatable bonds is 15. The summed E-state index contributed by atoms with van der Waals surface area (Å²) in [5.74, 6) is 0.557. The Morgan fingerprint density at radius 2 is 1.49 bits per heavy atom. The fourth-order valence-electron chi connectivity index (χ4n) is 7.55. The number of ether oxygens (including phenoxy) is 3. The van der Waals surface area contributed by atoms with E-state index in [-0.39, 0.29) is 37.6 Å². The molecule has 5 heterocycles. The van der Waals surface area contributed by atoms with E-state index in [2.05, 4.69) is 45.3 Å². The summed E-state index contributed by atoms with van der Waals surface area (Å²) in [7, 11) is -2.69. The average Bonchev–Trinajstić information content (AvgIpc) is 3.66. The number of hydrogen-bond donors (Lipinski definition) is 0. The third-order valence-electron chi connectivity index (χ3n) is 10.5. The van der Waals surface area contributed by atoms with Gasteiger partial charge in [-0.25, -0.2) is 9.78 Å². The van der Waals surface area contributed by atoms with Crippen molar-refractivity contribution in [2.45, 2.75) is 121 Å². The lowest BCUT2D eigenvalue weighted by atomic mass is 9.86. The van der Waals surface area contributed by atoms with Gasteiger partial charge in [0, 0.05) is 70.3 Å². The first-order chi connectivity index (χ1) is 26.0. The molecule has 2 unspecified atom stereocenters. The Morgan fingerprint density at radius 3 is 2.02 bits per heavy atom. The number of pyridine rings is 1. The molecule has 0 saturated carbocycles. The van der Waals surface area contributed by atoms with Crippen molar-refractivity contribution in [1.82, 2.24) is 24.5 Å². The molecule has 2 aliphatic heterocycles. The summed E-state index contributed by atoms with van der Waals surface area (Å²) in [5.41, 5.74) is 4.88. The van der Waals surface area contributed by atoms with Crippen LogP contribution in [0.25, 0.3) is 28.0 Å². The topological polar surface area (TPSA) is 111 Å². The van der Waals surface area contributed by atoms with Crippen molar-refractivity contribution in [3.05, 3.63) is 66.1 Å². The van der Waals surface area contributed by atoms with Crippen molar-refractivity contribution in [2.24, 2.45) is 0 Å². The van der Waals surface area contributed by atoms with Gasteiger partial charge in [-0.3, -0.25) is 9.78 Å². The Hall–Kier alpha value is -3.92. The summed E-state index contributed by atoms with van der Waals surface area (Å²) < 4.78 is 20.4. The molecule has 0 spiro atoms. The highest BCUT2D eigenvalue weighted by Gasteiger charge is 2.46. The first kappa shape index (κ1) is 40.7. The lowest BCUT2D eigenvalue weighted by Gasteiger charge is -2.39. The lowest BCUT2D eigenvalue weighted by Crippen LogP contribution is -2.48. The molecule has 1 aromatic carbocycles. The van der Waals surface area contributed by atoms with Crippen LogP contribution in [-0.4, -0.2) is 97.4 Å². The Balaban J connectivity index is 1.42. The number of fused-ring (bicyclic) bond motifs is 3. The molecule has 1 amide bonds. The molecule has 2 fully saturated rings. The van der Waals surface area contributed by atoms with E-state index in [1.807, 2.05) is 79.4 Å². The molecule has 11 nitrogen and oxygen atoms in total. The van der Waals surface area contributed by atoms with Crippen LogP contribution in [0.4, 0.5) is 10.6 Å². The second-order valence-corrected chi connectivity index (χ2v) is 29.9. The molecule has 6 rings (SSSR count). The maximum absolute atomic E-state index is 13.4. The van der Waals surface area contributed by atoms with Crippen molar-refractivity contribution >= 4 is 40.0 Å². The first-order valence-corrected chi connectivity index (χ1v) is 27.2. The van der Waals surface area contributed by atoms with E-state index in [1.165, 1.54) is 0 Å². The average molecular weight is 785 g/mol. The van der Waals surface area contributed by atoms with E-state index >= 15 is 0 Å². The third kappa shape index (κ3) is 10.1. The first-order valence-electron chi connectivity index (χ1n) is 19.8. The minimum absolute atomic E-state index is 0.00425. The van der Waals surface area contributed by atoms with Crippen LogP contribution >= 0.6 is 0 Å². The van der Waals surface area contributed by atoms with Gasteiger partial charge in [0.1, 0.15) is 24.9 Å². The molecule has 0 N–H and O–H groups in total. The quantitative estimate of drug-likeness (QED) is 0.0504. The van der Waals surface area contributed by atoms with E-state index in [0.29, 0.717) is 43.1 Å². The Labute approximate surface area is 328 Å². The van der Waals surface area contributed by atoms with Crippen LogP contribution in [0.2, 0.25) is 51.4 Å². The summed E-state index contributed by atoms with van der Waals surface area (Å²) in [6, 6.07) is 16.2. The summed E-state index contributed by atoms with van der Waals surface area (Å²) in [6.07, 6.45) is 7.51. The predicted molar refractivity (Wildman–Crippen MR) is 224 cm³/mol. The maximum Gasteiger partial charge on any atom is 0.410 e. The molecular formula is C42H60N6O5Si2. The van der Waals surface area contributed by atoms with E-state index in [9.17, 15) is 9.59 Å². The molecule has 0 radical (unpaired) electrons. The van der Waals surface area contributed by atoms with Gasteiger partial charge >= 0.3 is 6.09 Å². The molecule has 2 aliphatic rings. The number of carbonyl (C=O) groups is 2. The zero-order valence-corrected chi connectivity index (χ0v) is 36.3. The standard InChI is InChI=1S/C42H60N6O5Si2/c1-42(2,3)53-41(50)47-33-16-17-34(47)24-32(23-33)38-36(27-49)40(46(28-51-19-21-54(4,5)6)29-52-20-22-55(7,8)9)48-39(45-38)35(26-44-48)31-15-18-37(43-25-31)30-13-11-10-12-14-30/h10-15,18,25-27,32-34H,16-17,19-24,28-29H2,1-9H3/t32?,33-,34?/m1/s1. The number of hydrogen-bond acceptors (Lipinski definition) is 9. The minimum Gasteiger partial charge on any atom is -0.444 e. The fraction of sp³-hybridized carbons (Fsp3) is 0.548. The molecular weight excluding hydrogens is 725 g/mol. The van der Waals surface area contributed by atoms with Gasteiger partial charge in [-0.1, -0.05) is 75.7 Å². The summed E-state index contributed by atoms with van der Waals surface area (Å²) >= 11 is 0. The number of anilines is 1. The zero-order valence-electron chi connectivity index (χ0n) is 34.3. The van der Waals surface area contributed by atoms with Crippen LogP contribution in [0.1, 0.15) is 68.4 Å². The van der Waals surface area contributed by atoms with Crippen molar-refractivity contribution in [3.63, 3.8) is 0 Å². The van der Waals surface area contributed by atoms with Gasteiger partial charge in [-0.2, -0.15) is 9.61 Å². The van der Waals surface area contributed by atoms with E-state index < -0.39 is 21.7 Å². The smallest absolute Gasteiger partial charge is 0.410 e. The number of piperidine rings is 1. The summed E-state index contributed by atoms with van der Waals surface area (Å²) in [5, 5.41) is 4.90. The molecule has 55 heavy (non-hydrogen) atoms. The Bertz CT molecular complexity index is 1900. The van der Waals surface area contributed by atoms with Gasteiger partial charge < -0.3 is 24.0 Å². The van der Waals surface area contributed by atoms with Gasteiger partial charge in [-0.05, 0) is 64.6 Å². The third-order valence-corrected chi connectivity index (χ3v) is 13.9. The number of aldehydes is 1. The number of amides is 1. The van der Waals surface area contributed by atoms with Crippen molar-refractivity contribution in [2.75, 3.05) is 31.6 Å². The Kier molecular flexibility index (Phi) is 12.3. The molecule has 3 aromatic heterocycles. The van der Waals surface area contributed by atoms with Gasteiger partial charge in [0.2, 0.25) is 0 Å². The molecule has 4 aromatic rings. The predicted octanol–water partition coefficient (Wildman–Crippen LogP) is 9.35. The van der Waals surface area contributed by atoms with E-state index in [4.69, 9.17) is 29.3 Å². The van der Waals surface area contributed by atoms with Gasteiger partial charge in [-0.15, -0.1) is 0 Å². The van der Waals surface area contributed by atoms with Crippen LogP contribution in [-0.2, 0) is 14.2 Å². The molecule has 2 saturated heterocycles. The largest absolute Gasteiger partial charge is 0.444 e. The SMILES string of the molecule is CC(C)(C)OC(=O)N1C2CC[C@@H]1CC(c1nc3c(-c4ccc(-c5ccccc5)nc4)cnn3c(N(COCC[Si](C)(C)C)COCC[Si](C)(C)C)c1C=O)C2. The minimum atomic E-state index is -1.34. The van der Waals surface area contributed by atoms with Crippen LogP contribution in [0.5, 0.6) is 0 Å². The number of nitrogens with zero attached hydrogens (tertiary/aromatic N) is 6. The van der Waals surface area contributed by atoms with Gasteiger partial charge in [0.25, 0.3) is 0 Å². The number of aromatic nitrogens is 4. The second kappa shape index (κ2) is 16.7. The highest BCUT2D eigenvalue weighted by Crippen LogP contribution is 2.45. The highest BCUT2D eigenvalue weighted by molar-refractivity contribution is 6.76. The van der Waals surface area contributed by atoms with Crippen molar-refractivity contribution < 1.29 is 23.8 Å². The van der Waals surface area contributed by atoms with Crippen molar-refractivity contribution in [3.8, 4) is 22.4 Å². The van der Waals surface area contributed by atoms with Gasteiger partial charge in [0.15, 0.2) is 11.9 Å². The molecule has 3 atom stereocenters. The zero-order chi connectivity index (χ0) is 39.5. The molecule has 0 aliphatic carbocycles. The van der Waals surface area contributed by atoms with Gasteiger partial charge in [0.05, 0.1) is 23.1 Å². The summed E-state index contributed by atoms with van der Waals surface area (Å²) in [6.45, 7) is 21.5. The van der Waals surface area contributed by atoms with Crippen LogP contribution < -0.4 is 4.90 Å². The van der Waals surface area contributed by atoms with E-state index in [1.54, 1.807) is 4.52 Å². The molecule has 296 valence electrons. The van der Waals surface area contributed by atoms with Crippen LogP contribution in [0.15, 0.2) is 54.9 Å².